The monoisotopic (exact) mass is 209 g/mol. The first-order valence-electron chi connectivity index (χ1n) is 4.27. The molecule has 0 saturated heterocycles. The van der Waals surface area contributed by atoms with Gasteiger partial charge in [0.15, 0.2) is 0 Å². The van der Waals surface area contributed by atoms with E-state index in [9.17, 15) is 8.42 Å². The van der Waals surface area contributed by atoms with Gasteiger partial charge in [-0.25, -0.2) is 0 Å². The minimum absolute atomic E-state index is 0.0444. The maximum absolute atomic E-state index is 10.9. The van der Waals surface area contributed by atoms with Crippen LogP contribution in [0, 0.1) is 11.3 Å². The van der Waals surface area contributed by atoms with Crippen molar-refractivity contribution in [2.75, 3.05) is 6.54 Å². The predicted octanol–water partition coefficient (Wildman–Crippen LogP) is 0.884. The summed E-state index contributed by atoms with van der Waals surface area (Å²) < 4.78 is 30.8. The van der Waals surface area contributed by atoms with Gasteiger partial charge in [0.2, 0.25) is 0 Å². The first-order valence-corrected chi connectivity index (χ1v) is 5.77. The van der Waals surface area contributed by atoms with E-state index in [1.54, 1.807) is 6.92 Å². The zero-order chi connectivity index (χ0) is 10.9. The van der Waals surface area contributed by atoms with Crippen molar-refractivity contribution >= 4 is 10.1 Å². The molecule has 0 aromatic carbocycles. The van der Waals surface area contributed by atoms with Crippen LogP contribution in [0.2, 0.25) is 0 Å². The van der Waals surface area contributed by atoms with Crippen LogP contribution in [-0.4, -0.2) is 24.8 Å². The van der Waals surface area contributed by atoms with Gasteiger partial charge in [-0.1, -0.05) is 27.7 Å². The van der Waals surface area contributed by atoms with Crippen molar-refractivity contribution in [1.82, 2.24) is 0 Å². The van der Waals surface area contributed by atoms with Crippen LogP contribution in [0.4, 0.5) is 0 Å². The predicted molar refractivity (Wildman–Crippen MR) is 53.0 cm³/mol. The second-order valence-corrected chi connectivity index (χ2v) is 6.08. The molecule has 5 heteroatoms. The summed E-state index contributed by atoms with van der Waals surface area (Å²) in [4.78, 5) is 0. The molecule has 0 amide bonds. The van der Waals surface area contributed by atoms with Crippen molar-refractivity contribution in [3.05, 3.63) is 0 Å². The van der Waals surface area contributed by atoms with Crippen molar-refractivity contribution in [3.63, 3.8) is 0 Å². The molecule has 0 aliphatic rings. The molecule has 2 atom stereocenters. The van der Waals surface area contributed by atoms with Crippen molar-refractivity contribution in [1.29, 1.82) is 0 Å². The molecule has 0 aliphatic carbocycles. The van der Waals surface area contributed by atoms with E-state index in [1.807, 2.05) is 20.8 Å². The summed E-state index contributed by atoms with van der Waals surface area (Å²) in [7, 11) is -4.02. The molecule has 0 fully saturated rings. The molecule has 0 aliphatic heterocycles. The highest BCUT2D eigenvalue weighted by Crippen LogP contribution is 2.30. The lowest BCUT2D eigenvalue weighted by Crippen LogP contribution is -2.40. The third kappa shape index (κ3) is 3.62. The van der Waals surface area contributed by atoms with Crippen LogP contribution < -0.4 is 5.73 Å². The molecule has 0 radical (unpaired) electrons. The van der Waals surface area contributed by atoms with Gasteiger partial charge < -0.3 is 5.73 Å². The largest absolute Gasteiger partial charge is 0.329 e. The first-order chi connectivity index (χ1) is 5.60. The Labute approximate surface area is 80.3 Å². The fourth-order valence-corrected chi connectivity index (χ4v) is 2.31. The van der Waals surface area contributed by atoms with E-state index in [-0.39, 0.29) is 17.9 Å². The average Bonchev–Trinajstić information content (AvgIpc) is 1.83. The second-order valence-electron chi connectivity index (χ2n) is 4.44. The normalized spacial score (nSPS) is 18.3. The van der Waals surface area contributed by atoms with Gasteiger partial charge in [-0.15, -0.1) is 0 Å². The molecule has 80 valence electrons. The minimum atomic E-state index is -4.02. The standard InChI is InChI=1S/C8H19NO3S/c1-6(8(2,3)4)7(5-9)13(10,11)12/h6-7H,5,9H2,1-4H3,(H,10,11,12). The van der Waals surface area contributed by atoms with Crippen LogP contribution in [0.1, 0.15) is 27.7 Å². The Bertz CT molecular complexity index is 253. The highest BCUT2D eigenvalue weighted by Gasteiger charge is 2.35. The number of hydrogen-bond acceptors (Lipinski definition) is 3. The lowest BCUT2D eigenvalue weighted by Gasteiger charge is -2.31. The zero-order valence-electron chi connectivity index (χ0n) is 8.61. The SMILES string of the molecule is CC(C(CN)S(=O)(=O)O)C(C)(C)C. The van der Waals surface area contributed by atoms with Crippen LogP contribution in [0.25, 0.3) is 0 Å². The van der Waals surface area contributed by atoms with Crippen molar-refractivity contribution in [2.24, 2.45) is 17.1 Å². The quantitative estimate of drug-likeness (QED) is 0.676. The summed E-state index contributed by atoms with van der Waals surface area (Å²) in [5.41, 5.74) is 5.14. The molecule has 0 heterocycles. The van der Waals surface area contributed by atoms with Gasteiger partial charge in [-0.3, -0.25) is 4.55 Å². The van der Waals surface area contributed by atoms with E-state index in [2.05, 4.69) is 0 Å². The van der Waals surface area contributed by atoms with E-state index in [0.29, 0.717) is 0 Å². The van der Waals surface area contributed by atoms with Gasteiger partial charge in [-0.2, -0.15) is 8.42 Å². The van der Waals surface area contributed by atoms with Crippen molar-refractivity contribution in [3.8, 4) is 0 Å². The van der Waals surface area contributed by atoms with Crippen LogP contribution in [-0.2, 0) is 10.1 Å². The summed E-state index contributed by atoms with van der Waals surface area (Å²) in [5.74, 6) is -0.174. The molecule has 2 unspecified atom stereocenters. The Hall–Kier alpha value is -0.130. The van der Waals surface area contributed by atoms with Gasteiger partial charge in [0.1, 0.15) is 5.25 Å². The summed E-state index contributed by atoms with van der Waals surface area (Å²) in [5, 5.41) is -0.868. The van der Waals surface area contributed by atoms with Crippen LogP contribution >= 0.6 is 0 Å². The fraction of sp³-hybridized carbons (Fsp3) is 1.00. The van der Waals surface area contributed by atoms with Crippen LogP contribution in [0.15, 0.2) is 0 Å². The number of hydrogen-bond donors (Lipinski definition) is 2. The van der Waals surface area contributed by atoms with Gasteiger partial charge >= 0.3 is 0 Å². The Morgan fingerprint density at radius 1 is 1.38 bits per heavy atom. The summed E-state index contributed by atoms with van der Waals surface area (Å²) in [6, 6.07) is 0. The lowest BCUT2D eigenvalue weighted by atomic mass is 9.80. The molecule has 13 heavy (non-hydrogen) atoms. The smallest absolute Gasteiger partial charge is 0.269 e. The minimum Gasteiger partial charge on any atom is -0.329 e. The molecular formula is C8H19NO3S. The van der Waals surface area contributed by atoms with Crippen molar-refractivity contribution in [2.45, 2.75) is 32.9 Å². The molecule has 0 bridgehead atoms. The zero-order valence-corrected chi connectivity index (χ0v) is 9.43. The maximum Gasteiger partial charge on any atom is 0.269 e. The second kappa shape index (κ2) is 3.94. The van der Waals surface area contributed by atoms with E-state index < -0.39 is 15.4 Å². The van der Waals surface area contributed by atoms with Gasteiger partial charge in [0.05, 0.1) is 0 Å². The number of rotatable bonds is 3. The molecular weight excluding hydrogens is 190 g/mol. The van der Waals surface area contributed by atoms with E-state index >= 15 is 0 Å². The summed E-state index contributed by atoms with van der Waals surface area (Å²) in [6.45, 7) is 7.51. The molecule has 0 aromatic rings. The average molecular weight is 209 g/mol. The molecule has 0 aromatic heterocycles. The molecule has 0 rings (SSSR count). The van der Waals surface area contributed by atoms with E-state index in [1.165, 1.54) is 0 Å². The lowest BCUT2D eigenvalue weighted by molar-refractivity contribution is 0.245. The third-order valence-corrected chi connectivity index (χ3v) is 3.90. The Kier molecular flexibility index (Phi) is 3.90. The Morgan fingerprint density at radius 2 is 1.77 bits per heavy atom. The van der Waals surface area contributed by atoms with Gasteiger partial charge in [0, 0.05) is 6.54 Å². The highest BCUT2D eigenvalue weighted by molar-refractivity contribution is 7.86. The third-order valence-electron chi connectivity index (χ3n) is 2.54. The molecule has 4 nitrogen and oxygen atoms in total. The van der Waals surface area contributed by atoms with Crippen LogP contribution in [0.3, 0.4) is 0 Å². The fourth-order valence-electron chi connectivity index (χ4n) is 1.14. The molecule has 0 spiro atoms. The van der Waals surface area contributed by atoms with Gasteiger partial charge in [-0.05, 0) is 11.3 Å². The summed E-state index contributed by atoms with van der Waals surface area (Å²) >= 11 is 0. The molecule has 0 saturated carbocycles. The van der Waals surface area contributed by atoms with Crippen LogP contribution in [0.5, 0.6) is 0 Å². The Morgan fingerprint density at radius 3 is 1.85 bits per heavy atom. The summed E-state index contributed by atoms with van der Waals surface area (Å²) in [6.07, 6.45) is 0. The van der Waals surface area contributed by atoms with E-state index in [0.717, 1.165) is 0 Å². The van der Waals surface area contributed by atoms with Crippen molar-refractivity contribution < 1.29 is 13.0 Å². The highest BCUT2D eigenvalue weighted by atomic mass is 32.2. The maximum atomic E-state index is 10.9. The number of nitrogens with two attached hydrogens (primary N) is 1. The Balaban J connectivity index is 4.82. The first kappa shape index (κ1) is 12.9. The van der Waals surface area contributed by atoms with Gasteiger partial charge in [0.25, 0.3) is 10.1 Å². The van der Waals surface area contributed by atoms with E-state index in [4.69, 9.17) is 10.3 Å². The topological polar surface area (TPSA) is 80.4 Å². The molecule has 3 N–H and O–H groups in total.